The van der Waals surface area contributed by atoms with Gasteiger partial charge in [0.25, 0.3) is 0 Å². The minimum Gasteiger partial charge on any atom is -0.492 e. The smallest absolute Gasteiger partial charge is 0.354 e. The van der Waals surface area contributed by atoms with Crippen molar-refractivity contribution >= 4 is 5.97 Å². The van der Waals surface area contributed by atoms with E-state index in [4.69, 9.17) is 10.5 Å². The number of aromatic nitrogens is 1. The van der Waals surface area contributed by atoms with Gasteiger partial charge >= 0.3 is 5.97 Å². The Bertz CT molecular complexity index is 333. The molecule has 1 heterocycles. The maximum Gasteiger partial charge on any atom is 0.354 e. The van der Waals surface area contributed by atoms with Gasteiger partial charge in [-0.1, -0.05) is 0 Å². The molecule has 1 aromatic rings. The van der Waals surface area contributed by atoms with Gasteiger partial charge in [-0.25, -0.2) is 4.79 Å². The molecule has 0 unspecified atom stereocenters. The van der Waals surface area contributed by atoms with Gasteiger partial charge in [-0.2, -0.15) is 0 Å². The number of carbonyl (C=O) groups is 1. The first-order valence-electron chi connectivity index (χ1n) is 4.76. The van der Waals surface area contributed by atoms with Gasteiger partial charge in [0.2, 0.25) is 0 Å². The average molecular weight is 212 g/mol. The molecule has 0 fully saturated rings. The number of hydrogen-bond acceptors (Lipinski definition) is 4. The predicted octanol–water partition coefficient (Wildman–Crippen LogP) is 0.539. The highest BCUT2D eigenvalue weighted by atomic mass is 16.5. The van der Waals surface area contributed by atoms with Gasteiger partial charge in [-0.3, -0.25) is 0 Å². The Hall–Kier alpha value is -1.49. The minimum absolute atomic E-state index is 0.369. The average Bonchev–Trinajstić information content (AvgIpc) is 2.59. The zero-order chi connectivity index (χ0) is 11.3. The van der Waals surface area contributed by atoms with Crippen LogP contribution in [0.5, 0.6) is 5.75 Å². The summed E-state index contributed by atoms with van der Waals surface area (Å²) in [6.07, 6.45) is 2.53. The molecule has 1 rings (SSSR count). The zero-order valence-electron chi connectivity index (χ0n) is 9.03. The Kier molecular flexibility index (Phi) is 4.17. The third-order valence-electron chi connectivity index (χ3n) is 1.99. The molecular weight excluding hydrogens is 196 g/mol. The minimum atomic E-state index is -0.369. The molecule has 0 atom stereocenters. The number of hydrogen-bond donors (Lipinski definition) is 1. The molecule has 0 radical (unpaired) electrons. The molecule has 84 valence electrons. The third kappa shape index (κ3) is 2.99. The Morgan fingerprint density at radius 2 is 2.33 bits per heavy atom. The Balaban J connectivity index is 2.64. The molecule has 0 saturated carbocycles. The summed E-state index contributed by atoms with van der Waals surface area (Å²) in [6.45, 7) is 1.15. The first kappa shape index (κ1) is 11.6. The first-order valence-corrected chi connectivity index (χ1v) is 4.76. The molecule has 2 N–H and O–H groups in total. The second-order valence-corrected chi connectivity index (χ2v) is 3.15. The second-order valence-electron chi connectivity index (χ2n) is 3.15. The second kappa shape index (κ2) is 5.41. The van der Waals surface area contributed by atoms with Gasteiger partial charge in [0, 0.05) is 19.3 Å². The molecular formula is C10H16N2O3. The molecule has 15 heavy (non-hydrogen) atoms. The number of ether oxygens (including phenoxy) is 2. The van der Waals surface area contributed by atoms with Gasteiger partial charge in [-0.05, 0) is 13.0 Å². The fourth-order valence-electron chi connectivity index (χ4n) is 1.19. The summed E-state index contributed by atoms with van der Waals surface area (Å²) in [5.41, 5.74) is 5.81. The fraction of sp³-hybridized carbons (Fsp3) is 0.500. The summed E-state index contributed by atoms with van der Waals surface area (Å²) in [6, 6.07) is 1.66. The first-order chi connectivity index (χ1) is 7.19. The van der Waals surface area contributed by atoms with Crippen LogP contribution >= 0.6 is 0 Å². The summed E-state index contributed by atoms with van der Waals surface area (Å²) in [7, 11) is 3.12. The predicted molar refractivity (Wildman–Crippen MR) is 55.9 cm³/mol. The third-order valence-corrected chi connectivity index (χ3v) is 1.99. The quantitative estimate of drug-likeness (QED) is 0.571. The number of esters is 1. The maximum absolute atomic E-state index is 11.3. The van der Waals surface area contributed by atoms with Crippen molar-refractivity contribution in [1.29, 1.82) is 0 Å². The highest BCUT2D eigenvalue weighted by Gasteiger charge is 2.12. The van der Waals surface area contributed by atoms with Crippen molar-refractivity contribution in [3.05, 3.63) is 18.0 Å². The number of methoxy groups -OCH3 is 1. The van der Waals surface area contributed by atoms with Crippen LogP contribution in [-0.4, -0.2) is 30.8 Å². The lowest BCUT2D eigenvalue weighted by atomic mass is 10.4. The van der Waals surface area contributed by atoms with E-state index in [0.29, 0.717) is 24.6 Å². The lowest BCUT2D eigenvalue weighted by Gasteiger charge is -2.00. The summed E-state index contributed by atoms with van der Waals surface area (Å²) in [5, 5.41) is 0. The molecule has 1 aromatic heterocycles. The molecule has 5 heteroatoms. The topological polar surface area (TPSA) is 66.5 Å². The summed E-state index contributed by atoms with van der Waals surface area (Å²) >= 11 is 0. The lowest BCUT2D eigenvalue weighted by molar-refractivity contribution is 0.0590. The van der Waals surface area contributed by atoms with Crippen molar-refractivity contribution < 1.29 is 14.3 Å². The SMILES string of the molecule is COC(=O)c1cc(OCCCN)cn1C. The number of nitrogens with two attached hydrogens (primary N) is 1. The lowest BCUT2D eigenvalue weighted by Crippen LogP contribution is -2.06. The fourth-order valence-corrected chi connectivity index (χ4v) is 1.19. The van der Waals surface area contributed by atoms with E-state index in [1.807, 2.05) is 0 Å². The highest BCUT2D eigenvalue weighted by molar-refractivity contribution is 5.88. The largest absolute Gasteiger partial charge is 0.492 e. The molecule has 0 aliphatic heterocycles. The van der Waals surface area contributed by atoms with Crippen LogP contribution in [0.4, 0.5) is 0 Å². The summed E-state index contributed by atoms with van der Waals surface area (Å²) in [5.74, 6) is 0.289. The van der Waals surface area contributed by atoms with Crippen LogP contribution in [0.2, 0.25) is 0 Å². The molecule has 0 aromatic carbocycles. The van der Waals surface area contributed by atoms with Crippen LogP contribution in [-0.2, 0) is 11.8 Å². The van der Waals surface area contributed by atoms with E-state index in [2.05, 4.69) is 4.74 Å². The van der Waals surface area contributed by atoms with E-state index < -0.39 is 0 Å². The van der Waals surface area contributed by atoms with Crippen LogP contribution in [0.3, 0.4) is 0 Å². The molecule has 0 spiro atoms. The van der Waals surface area contributed by atoms with Crippen molar-refractivity contribution in [2.75, 3.05) is 20.3 Å². The van der Waals surface area contributed by atoms with Crippen LogP contribution in [0, 0.1) is 0 Å². The maximum atomic E-state index is 11.3. The Labute approximate surface area is 88.8 Å². The standard InChI is InChI=1S/C10H16N2O3/c1-12-7-8(15-5-3-4-11)6-9(12)10(13)14-2/h6-7H,3-5,11H2,1-2H3. The van der Waals surface area contributed by atoms with Gasteiger partial charge < -0.3 is 19.8 Å². The van der Waals surface area contributed by atoms with Crippen molar-refractivity contribution in [3.63, 3.8) is 0 Å². The summed E-state index contributed by atoms with van der Waals surface area (Å²) < 4.78 is 11.7. The molecule has 0 saturated heterocycles. The normalized spacial score (nSPS) is 10.1. The zero-order valence-corrected chi connectivity index (χ0v) is 9.03. The van der Waals surface area contributed by atoms with Gasteiger partial charge in [0.15, 0.2) is 0 Å². The summed E-state index contributed by atoms with van der Waals surface area (Å²) in [4.78, 5) is 11.3. The van der Waals surface area contributed by atoms with E-state index in [-0.39, 0.29) is 5.97 Å². The number of nitrogens with zero attached hydrogens (tertiary/aromatic N) is 1. The Morgan fingerprint density at radius 3 is 2.93 bits per heavy atom. The highest BCUT2D eigenvalue weighted by Crippen LogP contribution is 2.16. The number of rotatable bonds is 5. The van der Waals surface area contributed by atoms with Gasteiger partial charge in [0.1, 0.15) is 11.4 Å². The van der Waals surface area contributed by atoms with E-state index in [0.717, 1.165) is 6.42 Å². The van der Waals surface area contributed by atoms with Crippen LogP contribution in [0.25, 0.3) is 0 Å². The van der Waals surface area contributed by atoms with Crippen molar-refractivity contribution in [1.82, 2.24) is 4.57 Å². The monoisotopic (exact) mass is 212 g/mol. The molecule has 0 aliphatic rings. The number of carbonyl (C=O) groups excluding carboxylic acids is 1. The van der Waals surface area contributed by atoms with Gasteiger partial charge in [-0.15, -0.1) is 0 Å². The van der Waals surface area contributed by atoms with E-state index in [1.165, 1.54) is 7.11 Å². The van der Waals surface area contributed by atoms with Crippen molar-refractivity contribution in [2.24, 2.45) is 12.8 Å². The van der Waals surface area contributed by atoms with Gasteiger partial charge in [0.05, 0.1) is 13.7 Å². The van der Waals surface area contributed by atoms with Crippen molar-refractivity contribution in [2.45, 2.75) is 6.42 Å². The molecule has 0 bridgehead atoms. The van der Waals surface area contributed by atoms with Crippen LogP contribution < -0.4 is 10.5 Å². The van der Waals surface area contributed by atoms with E-state index >= 15 is 0 Å². The molecule has 0 aliphatic carbocycles. The Morgan fingerprint density at radius 1 is 1.60 bits per heavy atom. The van der Waals surface area contributed by atoms with Crippen LogP contribution in [0.15, 0.2) is 12.3 Å². The molecule has 0 amide bonds. The molecule has 5 nitrogen and oxygen atoms in total. The van der Waals surface area contributed by atoms with E-state index in [1.54, 1.807) is 23.9 Å². The van der Waals surface area contributed by atoms with Crippen molar-refractivity contribution in [3.8, 4) is 5.75 Å². The van der Waals surface area contributed by atoms with E-state index in [9.17, 15) is 4.79 Å². The number of aryl methyl sites for hydroxylation is 1. The van der Waals surface area contributed by atoms with Crippen LogP contribution in [0.1, 0.15) is 16.9 Å².